The third kappa shape index (κ3) is 3.53. The summed E-state index contributed by atoms with van der Waals surface area (Å²) in [7, 11) is 0. The number of unbranched alkanes of at least 4 members (excludes halogenated alkanes) is 3. The molecule has 18 heavy (non-hydrogen) atoms. The fourth-order valence-corrected chi connectivity index (χ4v) is 2.38. The quantitative estimate of drug-likeness (QED) is 0.703. The summed E-state index contributed by atoms with van der Waals surface area (Å²) >= 11 is 1.43. The minimum atomic E-state index is 0.740. The van der Waals surface area contributed by atoms with Crippen molar-refractivity contribution in [3.8, 4) is 17.0 Å². The van der Waals surface area contributed by atoms with Gasteiger partial charge in [-0.2, -0.15) is 4.37 Å². The Labute approximate surface area is 112 Å². The average Bonchev–Trinajstić information content (AvgIpc) is 2.88. The van der Waals surface area contributed by atoms with Crippen molar-refractivity contribution in [1.82, 2.24) is 9.36 Å². The topological polar surface area (TPSA) is 35.0 Å². The Bertz CT molecular complexity index is 456. The van der Waals surface area contributed by atoms with Crippen LogP contribution in [0.15, 0.2) is 29.9 Å². The molecule has 0 N–H and O–H groups in total. The van der Waals surface area contributed by atoms with E-state index < -0.39 is 0 Å². The zero-order valence-corrected chi connectivity index (χ0v) is 11.4. The lowest BCUT2D eigenvalue weighted by Gasteiger charge is -2.05. The van der Waals surface area contributed by atoms with Crippen LogP contribution in [0.3, 0.4) is 0 Å². The van der Waals surface area contributed by atoms with Crippen LogP contribution in [0, 0.1) is 0 Å². The van der Waals surface area contributed by atoms with Crippen LogP contribution in [0.4, 0.5) is 0 Å². The van der Waals surface area contributed by atoms with Crippen LogP contribution in [-0.4, -0.2) is 16.0 Å². The molecule has 2 aromatic rings. The summed E-state index contributed by atoms with van der Waals surface area (Å²) in [5, 5.41) is 2.01. The van der Waals surface area contributed by atoms with E-state index in [0.29, 0.717) is 0 Å². The van der Waals surface area contributed by atoms with Gasteiger partial charge in [0.25, 0.3) is 0 Å². The molecule has 96 valence electrons. The van der Waals surface area contributed by atoms with Gasteiger partial charge in [-0.25, -0.2) is 0 Å². The van der Waals surface area contributed by atoms with Crippen molar-refractivity contribution in [2.45, 2.75) is 32.6 Å². The first-order chi connectivity index (χ1) is 8.92. The van der Waals surface area contributed by atoms with Gasteiger partial charge < -0.3 is 4.74 Å². The van der Waals surface area contributed by atoms with Crippen LogP contribution in [0.2, 0.25) is 0 Å². The minimum Gasteiger partial charge on any atom is -0.477 e. The summed E-state index contributed by atoms with van der Waals surface area (Å²) in [6.07, 6.45) is 8.45. The van der Waals surface area contributed by atoms with Crippen molar-refractivity contribution in [3.63, 3.8) is 0 Å². The predicted molar refractivity (Wildman–Crippen MR) is 75.0 cm³/mol. The Balaban J connectivity index is 1.92. The number of aromatic nitrogens is 2. The highest BCUT2D eigenvalue weighted by molar-refractivity contribution is 7.04. The Morgan fingerprint density at radius 1 is 1.28 bits per heavy atom. The van der Waals surface area contributed by atoms with Crippen LogP contribution >= 0.6 is 11.5 Å². The molecule has 0 bridgehead atoms. The first kappa shape index (κ1) is 13.0. The van der Waals surface area contributed by atoms with Crippen molar-refractivity contribution in [3.05, 3.63) is 29.9 Å². The summed E-state index contributed by atoms with van der Waals surface area (Å²) in [6, 6.07) is 3.96. The average molecular weight is 262 g/mol. The van der Waals surface area contributed by atoms with Crippen molar-refractivity contribution in [1.29, 1.82) is 0 Å². The predicted octanol–water partition coefficient (Wildman–Crippen LogP) is 4.16. The maximum absolute atomic E-state index is 5.75. The zero-order chi connectivity index (χ0) is 12.6. The van der Waals surface area contributed by atoms with E-state index in [1.807, 2.05) is 23.7 Å². The van der Waals surface area contributed by atoms with E-state index in [0.717, 1.165) is 30.0 Å². The molecule has 0 atom stereocenters. The Kier molecular flexibility index (Phi) is 5.15. The summed E-state index contributed by atoms with van der Waals surface area (Å²) in [6.45, 7) is 2.96. The molecule has 0 spiro atoms. The largest absolute Gasteiger partial charge is 0.477 e. The molecule has 0 saturated heterocycles. The number of hydrogen-bond donors (Lipinski definition) is 0. The van der Waals surface area contributed by atoms with Crippen molar-refractivity contribution in [2.75, 3.05) is 6.61 Å². The first-order valence-corrected chi connectivity index (χ1v) is 7.23. The van der Waals surface area contributed by atoms with Crippen molar-refractivity contribution < 1.29 is 4.74 Å². The van der Waals surface area contributed by atoms with E-state index in [1.165, 1.54) is 30.8 Å². The Morgan fingerprint density at radius 3 is 3.00 bits per heavy atom. The molecule has 0 aliphatic carbocycles. The van der Waals surface area contributed by atoms with Crippen molar-refractivity contribution in [2.24, 2.45) is 0 Å². The molecule has 2 heterocycles. The van der Waals surface area contributed by atoms with Crippen molar-refractivity contribution >= 4 is 11.5 Å². The lowest BCUT2D eigenvalue weighted by atomic mass is 10.2. The molecule has 0 radical (unpaired) electrons. The molecule has 2 aromatic heterocycles. The second kappa shape index (κ2) is 7.11. The molecule has 0 aromatic carbocycles. The third-order valence-electron chi connectivity index (χ3n) is 2.75. The van der Waals surface area contributed by atoms with Crippen LogP contribution in [0.5, 0.6) is 5.88 Å². The second-order valence-electron chi connectivity index (χ2n) is 4.18. The maximum Gasteiger partial charge on any atom is 0.233 e. The number of rotatable bonds is 7. The molecule has 2 rings (SSSR count). The summed E-state index contributed by atoms with van der Waals surface area (Å²) in [4.78, 5) is 4.12. The van der Waals surface area contributed by atoms with Gasteiger partial charge in [0.2, 0.25) is 5.88 Å². The summed E-state index contributed by atoms with van der Waals surface area (Å²) < 4.78 is 10.1. The fourth-order valence-electron chi connectivity index (χ4n) is 1.74. The van der Waals surface area contributed by atoms with E-state index in [1.54, 1.807) is 6.20 Å². The normalized spacial score (nSPS) is 10.5. The fraction of sp³-hybridized carbons (Fsp3) is 0.429. The highest BCUT2D eigenvalue weighted by atomic mass is 32.1. The molecule has 4 heteroatoms. The minimum absolute atomic E-state index is 0.740. The van der Waals surface area contributed by atoms with Crippen LogP contribution < -0.4 is 4.74 Å². The molecule has 3 nitrogen and oxygen atoms in total. The number of pyridine rings is 1. The second-order valence-corrected chi connectivity index (χ2v) is 4.81. The van der Waals surface area contributed by atoms with Gasteiger partial charge in [-0.1, -0.05) is 32.3 Å². The smallest absolute Gasteiger partial charge is 0.233 e. The monoisotopic (exact) mass is 262 g/mol. The number of hydrogen-bond acceptors (Lipinski definition) is 4. The summed E-state index contributed by atoms with van der Waals surface area (Å²) in [5.41, 5.74) is 2.11. The van der Waals surface area contributed by atoms with E-state index in [4.69, 9.17) is 4.74 Å². The molecule has 0 aliphatic heterocycles. The van der Waals surface area contributed by atoms with Gasteiger partial charge in [0.05, 0.1) is 12.2 Å². The first-order valence-electron chi connectivity index (χ1n) is 6.39. The van der Waals surface area contributed by atoms with Gasteiger partial charge in [0, 0.05) is 23.3 Å². The zero-order valence-electron chi connectivity index (χ0n) is 10.6. The summed E-state index contributed by atoms with van der Waals surface area (Å²) in [5.74, 6) is 0.740. The van der Waals surface area contributed by atoms with Gasteiger partial charge in [-0.3, -0.25) is 4.98 Å². The Hall–Kier alpha value is -1.42. The van der Waals surface area contributed by atoms with Crippen LogP contribution in [0.1, 0.15) is 32.6 Å². The van der Waals surface area contributed by atoms with Gasteiger partial charge in [-0.05, 0) is 24.0 Å². The lowest BCUT2D eigenvalue weighted by Crippen LogP contribution is -1.98. The van der Waals surface area contributed by atoms with Crippen LogP contribution in [-0.2, 0) is 0 Å². The molecule has 0 amide bonds. The van der Waals surface area contributed by atoms with E-state index >= 15 is 0 Å². The Morgan fingerprint density at radius 2 is 2.22 bits per heavy atom. The third-order valence-corrected chi connectivity index (χ3v) is 3.36. The SMILES string of the molecule is CCCCCCOc1nscc1-c1cccnc1. The maximum atomic E-state index is 5.75. The standard InChI is InChI=1S/C14H18N2OS/c1-2-3-4-5-9-17-14-13(11-18-16-14)12-7-6-8-15-10-12/h6-8,10-11H,2-5,9H2,1H3. The van der Waals surface area contributed by atoms with E-state index in [-0.39, 0.29) is 0 Å². The van der Waals surface area contributed by atoms with Gasteiger partial charge in [-0.15, -0.1) is 0 Å². The highest BCUT2D eigenvalue weighted by Crippen LogP contribution is 2.30. The lowest BCUT2D eigenvalue weighted by molar-refractivity contribution is 0.298. The molecule has 0 aliphatic rings. The molecule has 0 unspecified atom stereocenters. The molecular weight excluding hydrogens is 244 g/mol. The highest BCUT2D eigenvalue weighted by Gasteiger charge is 2.09. The van der Waals surface area contributed by atoms with E-state index in [9.17, 15) is 0 Å². The van der Waals surface area contributed by atoms with Crippen LogP contribution in [0.25, 0.3) is 11.1 Å². The molecular formula is C14H18N2OS. The van der Waals surface area contributed by atoms with Gasteiger partial charge in [0.15, 0.2) is 0 Å². The number of ether oxygens (including phenoxy) is 1. The number of nitrogens with zero attached hydrogens (tertiary/aromatic N) is 2. The van der Waals surface area contributed by atoms with Gasteiger partial charge >= 0.3 is 0 Å². The molecule has 0 fully saturated rings. The van der Waals surface area contributed by atoms with E-state index in [2.05, 4.69) is 16.3 Å². The van der Waals surface area contributed by atoms with Gasteiger partial charge in [0.1, 0.15) is 0 Å². The molecule has 0 saturated carbocycles.